The zero-order valence-electron chi connectivity index (χ0n) is 11.3. The number of benzene rings is 1. The minimum atomic E-state index is -4.58. The van der Waals surface area contributed by atoms with E-state index >= 15 is 0 Å². The summed E-state index contributed by atoms with van der Waals surface area (Å²) < 4.78 is 49.6. The fourth-order valence-electron chi connectivity index (χ4n) is 1.84. The molecule has 2 rings (SSSR count). The lowest BCUT2D eigenvalue weighted by Gasteiger charge is -2.19. The minimum Gasteiger partial charge on any atom is -0.426 e. The summed E-state index contributed by atoms with van der Waals surface area (Å²) in [6.07, 6.45) is -3.49. The molecular weight excluding hydrogens is 305 g/mol. The fourth-order valence-corrected chi connectivity index (χ4v) is 2.85. The fraction of sp³-hybridized carbons (Fsp3) is 0.357. The summed E-state index contributed by atoms with van der Waals surface area (Å²) in [7, 11) is 1.26. The van der Waals surface area contributed by atoms with Gasteiger partial charge in [0.1, 0.15) is 5.25 Å². The number of cyclic esters (lactones) is 1. The Labute approximate surface area is 124 Å². The third-order valence-corrected chi connectivity index (χ3v) is 4.23. The highest BCUT2D eigenvalue weighted by Crippen LogP contribution is 2.43. The first-order valence-corrected chi connectivity index (χ1v) is 6.93. The first kappa shape index (κ1) is 15.9. The van der Waals surface area contributed by atoms with Crippen molar-refractivity contribution in [3.8, 4) is 0 Å². The maximum absolute atomic E-state index is 13.3. The number of ether oxygens (including phenoxy) is 2. The van der Waals surface area contributed by atoms with Gasteiger partial charge in [-0.1, -0.05) is 18.2 Å². The molecule has 0 amide bonds. The van der Waals surface area contributed by atoms with Gasteiger partial charge in [-0.25, -0.2) is 4.79 Å². The molecule has 0 radical (unpaired) electrons. The molecule has 0 saturated carbocycles. The molecule has 1 aromatic rings. The van der Waals surface area contributed by atoms with Gasteiger partial charge in [0.2, 0.25) is 5.79 Å². The number of halogens is 3. The van der Waals surface area contributed by atoms with Crippen LogP contribution in [0.2, 0.25) is 0 Å². The molecule has 0 fully saturated rings. The minimum absolute atomic E-state index is 0.416. The van der Waals surface area contributed by atoms with E-state index in [1.54, 1.807) is 30.3 Å². The van der Waals surface area contributed by atoms with Gasteiger partial charge < -0.3 is 9.47 Å². The van der Waals surface area contributed by atoms with Crippen molar-refractivity contribution in [1.29, 1.82) is 0 Å². The predicted molar refractivity (Wildman–Crippen MR) is 71.7 cm³/mol. The molecule has 0 spiro atoms. The van der Waals surface area contributed by atoms with Gasteiger partial charge in [-0.3, -0.25) is 0 Å². The number of methoxy groups -OCH3 is 1. The number of hydrogen-bond donors (Lipinski definition) is 0. The largest absolute Gasteiger partial charge is 0.426 e. The number of alkyl halides is 3. The highest BCUT2D eigenvalue weighted by atomic mass is 32.2. The summed E-state index contributed by atoms with van der Waals surface area (Å²) in [4.78, 5) is 12.2. The molecule has 2 unspecified atom stereocenters. The summed E-state index contributed by atoms with van der Waals surface area (Å²) in [5.74, 6) is -2.46. The summed E-state index contributed by atoms with van der Waals surface area (Å²) in [5.41, 5.74) is -0.444. The first-order chi connectivity index (χ1) is 9.75. The molecule has 0 bridgehead atoms. The maximum atomic E-state index is 13.3. The van der Waals surface area contributed by atoms with Crippen molar-refractivity contribution in [2.75, 3.05) is 7.11 Å². The SMILES string of the molecule is COC1(C)C=C(C(Sc2ccccc2)C(F)(F)F)C(=O)O1. The van der Waals surface area contributed by atoms with Crippen LogP contribution in [0.15, 0.2) is 46.9 Å². The van der Waals surface area contributed by atoms with Gasteiger partial charge in [0.05, 0.1) is 5.57 Å². The molecule has 1 heterocycles. The number of carbonyl (C=O) groups excluding carboxylic acids is 1. The van der Waals surface area contributed by atoms with Crippen LogP contribution in [0.1, 0.15) is 6.92 Å². The summed E-state index contributed by atoms with van der Waals surface area (Å²) in [6.45, 7) is 1.39. The first-order valence-electron chi connectivity index (χ1n) is 6.05. The third-order valence-electron chi connectivity index (χ3n) is 2.93. The molecule has 1 aliphatic rings. The van der Waals surface area contributed by atoms with Crippen molar-refractivity contribution in [3.63, 3.8) is 0 Å². The van der Waals surface area contributed by atoms with Crippen LogP contribution in [0.4, 0.5) is 13.2 Å². The lowest BCUT2D eigenvalue weighted by Crippen LogP contribution is -2.30. The van der Waals surface area contributed by atoms with E-state index < -0.39 is 28.8 Å². The van der Waals surface area contributed by atoms with E-state index in [-0.39, 0.29) is 0 Å². The second-order valence-corrected chi connectivity index (χ2v) is 5.74. The van der Waals surface area contributed by atoms with Crippen LogP contribution in [0, 0.1) is 0 Å². The Morgan fingerprint density at radius 2 is 1.90 bits per heavy atom. The zero-order chi connectivity index (χ0) is 15.7. The van der Waals surface area contributed by atoms with E-state index in [2.05, 4.69) is 0 Å². The standard InChI is InChI=1S/C14H13F3O3S/c1-13(19-2)8-10(12(18)20-13)11(14(15,16)17)21-9-6-4-3-5-7-9/h3-8,11H,1-2H3. The van der Waals surface area contributed by atoms with Gasteiger partial charge in [0.15, 0.2) is 0 Å². The molecule has 0 aromatic heterocycles. The van der Waals surface area contributed by atoms with Crippen LogP contribution >= 0.6 is 11.8 Å². The number of rotatable bonds is 4. The Kier molecular flexibility index (Phi) is 4.34. The maximum Gasteiger partial charge on any atom is 0.405 e. The summed E-state index contributed by atoms with van der Waals surface area (Å²) in [5, 5.41) is -2.00. The van der Waals surface area contributed by atoms with Crippen molar-refractivity contribution in [2.45, 2.75) is 29.0 Å². The molecule has 0 saturated heterocycles. The smallest absolute Gasteiger partial charge is 0.405 e. The van der Waals surface area contributed by atoms with Crippen molar-refractivity contribution in [3.05, 3.63) is 42.0 Å². The number of thioether (sulfide) groups is 1. The van der Waals surface area contributed by atoms with Gasteiger partial charge in [-0.15, -0.1) is 11.8 Å². The van der Waals surface area contributed by atoms with Crippen LogP contribution in [0.5, 0.6) is 0 Å². The molecule has 3 nitrogen and oxygen atoms in total. The Bertz CT molecular complexity index is 556. The molecule has 0 aliphatic carbocycles. The van der Waals surface area contributed by atoms with Crippen LogP contribution in [0.25, 0.3) is 0 Å². The van der Waals surface area contributed by atoms with Gasteiger partial charge in [0.25, 0.3) is 0 Å². The Balaban J connectivity index is 2.34. The predicted octanol–water partition coefficient (Wildman–Crippen LogP) is 3.56. The van der Waals surface area contributed by atoms with Crippen molar-refractivity contribution >= 4 is 17.7 Å². The second kappa shape index (κ2) is 5.73. The Hall–Kier alpha value is -1.47. The van der Waals surface area contributed by atoms with Gasteiger partial charge in [0, 0.05) is 18.9 Å². The van der Waals surface area contributed by atoms with Crippen LogP contribution in [0.3, 0.4) is 0 Å². The van der Waals surface area contributed by atoms with E-state index in [1.165, 1.54) is 14.0 Å². The highest BCUT2D eigenvalue weighted by molar-refractivity contribution is 8.00. The van der Waals surface area contributed by atoms with E-state index in [1.807, 2.05) is 0 Å². The average Bonchev–Trinajstić information content (AvgIpc) is 2.72. The van der Waals surface area contributed by atoms with Crippen LogP contribution < -0.4 is 0 Å². The Morgan fingerprint density at radius 1 is 1.29 bits per heavy atom. The van der Waals surface area contributed by atoms with Gasteiger partial charge >= 0.3 is 12.1 Å². The summed E-state index contributed by atoms with van der Waals surface area (Å²) in [6, 6.07) is 8.09. The molecule has 21 heavy (non-hydrogen) atoms. The van der Waals surface area contributed by atoms with E-state index in [9.17, 15) is 18.0 Å². The van der Waals surface area contributed by atoms with E-state index in [4.69, 9.17) is 9.47 Å². The molecule has 7 heteroatoms. The number of carbonyl (C=O) groups is 1. The van der Waals surface area contributed by atoms with E-state index in [0.29, 0.717) is 16.7 Å². The van der Waals surface area contributed by atoms with Crippen LogP contribution in [-0.2, 0) is 14.3 Å². The lowest BCUT2D eigenvalue weighted by molar-refractivity contribution is -0.183. The average molecular weight is 318 g/mol. The van der Waals surface area contributed by atoms with Gasteiger partial charge in [-0.05, 0) is 18.2 Å². The monoisotopic (exact) mass is 318 g/mol. The van der Waals surface area contributed by atoms with Crippen molar-refractivity contribution in [2.24, 2.45) is 0 Å². The normalized spacial score (nSPS) is 23.7. The molecule has 1 aromatic carbocycles. The van der Waals surface area contributed by atoms with Crippen molar-refractivity contribution < 1.29 is 27.4 Å². The third kappa shape index (κ3) is 3.59. The molecule has 1 aliphatic heterocycles. The second-order valence-electron chi connectivity index (χ2n) is 4.56. The van der Waals surface area contributed by atoms with Crippen molar-refractivity contribution in [1.82, 2.24) is 0 Å². The molecule has 2 atom stereocenters. The quantitative estimate of drug-likeness (QED) is 0.628. The number of hydrogen-bond acceptors (Lipinski definition) is 4. The number of esters is 1. The summed E-state index contributed by atoms with van der Waals surface area (Å²) >= 11 is 0.558. The molecule has 0 N–H and O–H groups in total. The van der Waals surface area contributed by atoms with E-state index in [0.717, 1.165) is 6.08 Å². The highest BCUT2D eigenvalue weighted by Gasteiger charge is 2.50. The topological polar surface area (TPSA) is 35.5 Å². The van der Waals surface area contributed by atoms with Gasteiger partial charge in [-0.2, -0.15) is 13.2 Å². The lowest BCUT2D eigenvalue weighted by atomic mass is 10.1. The molecular formula is C14H13F3O3S. The van der Waals surface area contributed by atoms with Crippen LogP contribution in [-0.4, -0.2) is 30.3 Å². The zero-order valence-corrected chi connectivity index (χ0v) is 12.1. The molecule has 114 valence electrons. The Morgan fingerprint density at radius 3 is 2.38 bits per heavy atom.